The number of pyridine rings is 1. The number of aromatic nitrogens is 3. The highest BCUT2D eigenvalue weighted by Crippen LogP contribution is 2.39. The van der Waals surface area contributed by atoms with Crippen LogP contribution in [-0.4, -0.2) is 59.2 Å². The van der Waals surface area contributed by atoms with E-state index in [1.807, 2.05) is 29.2 Å². The molecule has 0 unspecified atom stereocenters. The highest BCUT2D eigenvalue weighted by atomic mass is 16.5. The maximum atomic E-state index is 12.7. The SMILES string of the molecule is COc1ccc(C(=O)N2CCN(c3ccc(-c4noc(C5CC5)n4)cn3)CC2)cc1. The maximum Gasteiger partial charge on any atom is 0.253 e. The molecule has 1 saturated carbocycles. The van der Waals surface area contributed by atoms with Crippen LogP contribution in [0.25, 0.3) is 11.4 Å². The summed E-state index contributed by atoms with van der Waals surface area (Å²) in [7, 11) is 1.62. The Morgan fingerprint density at radius 3 is 2.47 bits per heavy atom. The van der Waals surface area contributed by atoms with Crippen molar-refractivity contribution in [2.45, 2.75) is 18.8 Å². The summed E-state index contributed by atoms with van der Waals surface area (Å²) < 4.78 is 10.5. The second kappa shape index (κ2) is 7.78. The van der Waals surface area contributed by atoms with Crippen molar-refractivity contribution in [1.82, 2.24) is 20.0 Å². The molecule has 0 atom stereocenters. The number of carbonyl (C=O) groups excluding carboxylic acids is 1. The molecule has 1 aromatic carbocycles. The van der Waals surface area contributed by atoms with Crippen molar-refractivity contribution in [3.8, 4) is 17.1 Å². The summed E-state index contributed by atoms with van der Waals surface area (Å²) in [5.41, 5.74) is 1.53. The zero-order chi connectivity index (χ0) is 20.5. The van der Waals surface area contributed by atoms with Gasteiger partial charge in [-0.2, -0.15) is 4.98 Å². The first-order valence-electron chi connectivity index (χ1n) is 10.2. The van der Waals surface area contributed by atoms with Crippen LogP contribution in [0.2, 0.25) is 0 Å². The van der Waals surface area contributed by atoms with Gasteiger partial charge in [0.15, 0.2) is 0 Å². The number of anilines is 1. The minimum absolute atomic E-state index is 0.0455. The molecule has 8 nitrogen and oxygen atoms in total. The molecule has 0 N–H and O–H groups in total. The Labute approximate surface area is 174 Å². The van der Waals surface area contributed by atoms with Gasteiger partial charge in [0, 0.05) is 49.4 Å². The molecule has 1 aliphatic carbocycles. The van der Waals surface area contributed by atoms with E-state index >= 15 is 0 Å². The molecule has 1 aliphatic heterocycles. The van der Waals surface area contributed by atoms with Crippen LogP contribution in [0.3, 0.4) is 0 Å². The summed E-state index contributed by atoms with van der Waals surface area (Å²) >= 11 is 0. The topological polar surface area (TPSA) is 84.6 Å². The van der Waals surface area contributed by atoms with E-state index in [9.17, 15) is 4.79 Å². The predicted molar refractivity (Wildman–Crippen MR) is 111 cm³/mol. The van der Waals surface area contributed by atoms with Crippen LogP contribution in [-0.2, 0) is 0 Å². The highest BCUT2D eigenvalue weighted by molar-refractivity contribution is 5.94. The number of amides is 1. The smallest absolute Gasteiger partial charge is 0.253 e. The Bertz CT molecular complexity index is 1020. The van der Waals surface area contributed by atoms with Gasteiger partial charge in [-0.1, -0.05) is 5.16 Å². The first-order valence-corrected chi connectivity index (χ1v) is 10.2. The van der Waals surface area contributed by atoms with Gasteiger partial charge in [-0.05, 0) is 49.2 Å². The molecule has 0 spiro atoms. The number of carbonyl (C=O) groups is 1. The number of ether oxygens (including phenoxy) is 1. The Balaban J connectivity index is 1.20. The molecule has 154 valence electrons. The fourth-order valence-electron chi connectivity index (χ4n) is 3.61. The third kappa shape index (κ3) is 3.72. The number of rotatable bonds is 5. The number of piperazine rings is 1. The third-order valence-corrected chi connectivity index (χ3v) is 5.60. The average molecular weight is 405 g/mol. The third-order valence-electron chi connectivity index (χ3n) is 5.60. The molecule has 2 aromatic heterocycles. The summed E-state index contributed by atoms with van der Waals surface area (Å²) in [5.74, 6) is 3.44. The van der Waals surface area contributed by atoms with Crippen LogP contribution in [0.1, 0.15) is 35.0 Å². The second-order valence-electron chi connectivity index (χ2n) is 7.64. The molecule has 3 heterocycles. The number of hydrogen-bond donors (Lipinski definition) is 0. The quantitative estimate of drug-likeness (QED) is 0.645. The molecule has 3 aromatic rings. The van der Waals surface area contributed by atoms with Gasteiger partial charge in [-0.25, -0.2) is 4.98 Å². The molecule has 2 fully saturated rings. The van der Waals surface area contributed by atoms with Gasteiger partial charge in [-0.15, -0.1) is 0 Å². The van der Waals surface area contributed by atoms with Gasteiger partial charge >= 0.3 is 0 Å². The summed E-state index contributed by atoms with van der Waals surface area (Å²) in [6.07, 6.45) is 4.04. The minimum atomic E-state index is 0.0455. The van der Waals surface area contributed by atoms with E-state index in [1.165, 1.54) is 0 Å². The van der Waals surface area contributed by atoms with Crippen molar-refractivity contribution in [3.05, 3.63) is 54.0 Å². The Morgan fingerprint density at radius 1 is 1.07 bits per heavy atom. The number of methoxy groups -OCH3 is 1. The lowest BCUT2D eigenvalue weighted by atomic mass is 10.1. The molecular formula is C22H23N5O3. The standard InChI is InChI=1S/C22H23N5O3/c1-29-18-7-4-16(5-8-18)22(28)27-12-10-26(11-13-27)19-9-6-17(14-23-19)20-24-21(30-25-20)15-2-3-15/h4-9,14-15H,2-3,10-13H2,1H3. The molecule has 30 heavy (non-hydrogen) atoms. The molecule has 5 rings (SSSR count). The van der Waals surface area contributed by atoms with Gasteiger partial charge in [0.1, 0.15) is 11.6 Å². The van der Waals surface area contributed by atoms with E-state index in [0.717, 1.165) is 49.0 Å². The van der Waals surface area contributed by atoms with Gasteiger partial charge in [0.05, 0.1) is 7.11 Å². The highest BCUT2D eigenvalue weighted by Gasteiger charge is 2.30. The van der Waals surface area contributed by atoms with E-state index in [2.05, 4.69) is 20.0 Å². The predicted octanol–water partition coefficient (Wildman–Crippen LogP) is 2.98. The largest absolute Gasteiger partial charge is 0.497 e. The van der Waals surface area contributed by atoms with Crippen LogP contribution in [0.15, 0.2) is 47.1 Å². The zero-order valence-corrected chi connectivity index (χ0v) is 16.8. The van der Waals surface area contributed by atoms with Crippen molar-refractivity contribution < 1.29 is 14.1 Å². The van der Waals surface area contributed by atoms with Gasteiger partial charge < -0.3 is 19.1 Å². The number of nitrogens with zero attached hydrogens (tertiary/aromatic N) is 5. The Hall–Kier alpha value is -3.42. The van der Waals surface area contributed by atoms with E-state index in [4.69, 9.17) is 9.26 Å². The van der Waals surface area contributed by atoms with Crippen LogP contribution in [0.4, 0.5) is 5.82 Å². The van der Waals surface area contributed by atoms with Crippen LogP contribution in [0, 0.1) is 0 Å². The van der Waals surface area contributed by atoms with Crippen LogP contribution in [0.5, 0.6) is 5.75 Å². The minimum Gasteiger partial charge on any atom is -0.497 e. The first kappa shape index (κ1) is 18.6. The fourth-order valence-corrected chi connectivity index (χ4v) is 3.61. The molecule has 0 radical (unpaired) electrons. The zero-order valence-electron chi connectivity index (χ0n) is 16.8. The summed E-state index contributed by atoms with van der Waals surface area (Å²) in [6, 6.07) is 11.2. The molecule has 2 aliphatic rings. The molecule has 1 saturated heterocycles. The summed E-state index contributed by atoms with van der Waals surface area (Å²) in [6.45, 7) is 2.79. The first-order chi connectivity index (χ1) is 14.7. The van der Waals surface area contributed by atoms with Gasteiger partial charge in [0.25, 0.3) is 5.91 Å². The van der Waals surface area contributed by atoms with Gasteiger partial charge in [-0.3, -0.25) is 4.79 Å². The number of benzene rings is 1. The monoisotopic (exact) mass is 405 g/mol. The van der Waals surface area contributed by atoms with E-state index in [-0.39, 0.29) is 5.91 Å². The lowest BCUT2D eigenvalue weighted by Gasteiger charge is -2.35. The number of hydrogen-bond acceptors (Lipinski definition) is 7. The Morgan fingerprint density at radius 2 is 1.83 bits per heavy atom. The van der Waals surface area contributed by atoms with E-state index in [1.54, 1.807) is 25.4 Å². The van der Waals surface area contributed by atoms with Gasteiger partial charge in [0.2, 0.25) is 11.7 Å². The van der Waals surface area contributed by atoms with Crippen molar-refractivity contribution in [3.63, 3.8) is 0 Å². The van der Waals surface area contributed by atoms with E-state index in [0.29, 0.717) is 30.4 Å². The summed E-state index contributed by atoms with van der Waals surface area (Å²) in [5, 5.41) is 4.07. The normalized spacial score (nSPS) is 16.6. The van der Waals surface area contributed by atoms with Crippen molar-refractivity contribution in [1.29, 1.82) is 0 Å². The van der Waals surface area contributed by atoms with Crippen LogP contribution >= 0.6 is 0 Å². The molecule has 0 bridgehead atoms. The van der Waals surface area contributed by atoms with Crippen molar-refractivity contribution in [2.75, 3.05) is 38.2 Å². The summed E-state index contributed by atoms with van der Waals surface area (Å²) in [4.78, 5) is 25.8. The van der Waals surface area contributed by atoms with Crippen LogP contribution < -0.4 is 9.64 Å². The van der Waals surface area contributed by atoms with Crippen molar-refractivity contribution in [2.24, 2.45) is 0 Å². The Kier molecular flexibility index (Phi) is 4.82. The lowest BCUT2D eigenvalue weighted by Crippen LogP contribution is -2.49. The lowest BCUT2D eigenvalue weighted by molar-refractivity contribution is 0.0746. The van der Waals surface area contributed by atoms with Crippen molar-refractivity contribution >= 4 is 11.7 Å². The van der Waals surface area contributed by atoms with E-state index < -0.39 is 0 Å². The second-order valence-corrected chi connectivity index (χ2v) is 7.64. The maximum absolute atomic E-state index is 12.7. The fraction of sp³-hybridized carbons (Fsp3) is 0.364. The average Bonchev–Trinajstić information content (AvgIpc) is 3.55. The molecule has 1 amide bonds. The molecule has 8 heteroatoms. The molecular weight excluding hydrogens is 382 g/mol.